The molecule has 4 nitrogen and oxygen atoms in total. The number of carbonyl (C=O) groups is 1. The molecule has 5 heteroatoms. The quantitative estimate of drug-likeness (QED) is 0.870. The number of nitrogens with zero attached hydrogens (tertiary/aromatic N) is 2. The van der Waals surface area contributed by atoms with Gasteiger partial charge in [0.2, 0.25) is 0 Å². The van der Waals surface area contributed by atoms with Crippen LogP contribution in [0.15, 0.2) is 34.9 Å². The molecule has 0 saturated heterocycles. The number of amides is 1. The van der Waals surface area contributed by atoms with E-state index in [1.54, 1.807) is 0 Å². The van der Waals surface area contributed by atoms with Gasteiger partial charge in [-0.05, 0) is 66.5 Å². The van der Waals surface area contributed by atoms with Gasteiger partial charge in [-0.15, -0.1) is 0 Å². The van der Waals surface area contributed by atoms with Gasteiger partial charge in [-0.3, -0.25) is 4.79 Å². The molecule has 2 rings (SSSR count). The van der Waals surface area contributed by atoms with Crippen LogP contribution in [0.2, 0.25) is 0 Å². The zero-order valence-corrected chi connectivity index (χ0v) is 15.2. The smallest absolute Gasteiger partial charge is 0.272 e. The van der Waals surface area contributed by atoms with E-state index in [1.807, 2.05) is 54.9 Å². The molecule has 0 aliphatic rings. The third-order valence-corrected chi connectivity index (χ3v) is 4.01. The maximum absolute atomic E-state index is 12.6. The van der Waals surface area contributed by atoms with Crippen molar-refractivity contribution in [2.24, 2.45) is 0 Å². The van der Waals surface area contributed by atoms with Crippen LogP contribution in [-0.2, 0) is 0 Å². The van der Waals surface area contributed by atoms with E-state index in [-0.39, 0.29) is 11.9 Å². The number of carbonyl (C=O) groups excluding carboxylic acids is 1. The predicted molar refractivity (Wildman–Crippen MR) is 96.0 cm³/mol. The molecule has 1 heterocycles. The minimum atomic E-state index is -0.0971. The van der Waals surface area contributed by atoms with Crippen molar-refractivity contribution in [1.29, 1.82) is 0 Å². The Morgan fingerprint density at radius 3 is 2.50 bits per heavy atom. The van der Waals surface area contributed by atoms with Gasteiger partial charge in [0.25, 0.3) is 5.91 Å². The average Bonchev–Trinajstić information content (AvgIpc) is 2.83. The fraction of sp³-hybridized carbons (Fsp3) is 0.353. The van der Waals surface area contributed by atoms with E-state index in [0.29, 0.717) is 5.69 Å². The Kier molecular flexibility index (Phi) is 4.96. The Bertz CT molecular complexity index is 689. The summed E-state index contributed by atoms with van der Waals surface area (Å²) < 4.78 is 2.87. The topological polar surface area (TPSA) is 37.3 Å². The SMILES string of the molecule is Cc1cc(N(C)C)ccc1NC(=O)c1cc(Br)cn1C(C)C. The molecule has 0 unspecified atom stereocenters. The molecule has 1 amide bonds. The summed E-state index contributed by atoms with van der Waals surface area (Å²) in [6.45, 7) is 6.11. The van der Waals surface area contributed by atoms with E-state index < -0.39 is 0 Å². The first kappa shape index (κ1) is 16.6. The van der Waals surface area contributed by atoms with Crippen molar-refractivity contribution in [2.45, 2.75) is 26.8 Å². The lowest BCUT2D eigenvalue weighted by molar-refractivity contribution is 0.101. The lowest BCUT2D eigenvalue weighted by atomic mass is 10.1. The van der Waals surface area contributed by atoms with E-state index in [0.717, 1.165) is 21.4 Å². The molecule has 0 atom stereocenters. The van der Waals surface area contributed by atoms with Crippen LogP contribution in [-0.4, -0.2) is 24.6 Å². The molecule has 1 aromatic carbocycles. The lowest BCUT2D eigenvalue weighted by Crippen LogP contribution is -2.18. The minimum absolute atomic E-state index is 0.0971. The standard InChI is InChI=1S/C17H22BrN3O/c1-11(2)21-10-13(18)9-16(21)17(22)19-15-7-6-14(20(4)5)8-12(15)3/h6-11H,1-5H3,(H,19,22). The van der Waals surface area contributed by atoms with E-state index in [1.165, 1.54) is 0 Å². The Hall–Kier alpha value is -1.75. The highest BCUT2D eigenvalue weighted by Gasteiger charge is 2.16. The summed E-state index contributed by atoms with van der Waals surface area (Å²) in [5, 5.41) is 3.00. The lowest BCUT2D eigenvalue weighted by Gasteiger charge is -2.16. The number of hydrogen-bond acceptors (Lipinski definition) is 2. The van der Waals surface area contributed by atoms with Crippen LogP contribution in [0.25, 0.3) is 0 Å². The van der Waals surface area contributed by atoms with Gasteiger partial charge in [0.1, 0.15) is 5.69 Å². The molecule has 0 radical (unpaired) electrons. The molecule has 0 aliphatic carbocycles. The Morgan fingerprint density at radius 1 is 1.27 bits per heavy atom. The van der Waals surface area contributed by atoms with Gasteiger partial charge in [0.05, 0.1) is 0 Å². The predicted octanol–water partition coefficient (Wildman–Crippen LogP) is 4.46. The van der Waals surface area contributed by atoms with E-state index in [2.05, 4.69) is 41.2 Å². The van der Waals surface area contributed by atoms with Crippen molar-refractivity contribution in [3.05, 3.63) is 46.2 Å². The van der Waals surface area contributed by atoms with Gasteiger partial charge < -0.3 is 14.8 Å². The number of rotatable bonds is 4. The number of benzene rings is 1. The maximum atomic E-state index is 12.6. The fourth-order valence-electron chi connectivity index (χ4n) is 2.31. The second-order valence-electron chi connectivity index (χ2n) is 5.89. The highest BCUT2D eigenvalue weighted by molar-refractivity contribution is 9.10. The number of nitrogens with one attached hydrogen (secondary N) is 1. The first-order valence-corrected chi connectivity index (χ1v) is 8.05. The van der Waals surface area contributed by atoms with Crippen LogP contribution in [0.1, 0.15) is 35.9 Å². The molecule has 0 bridgehead atoms. The van der Waals surface area contributed by atoms with Crippen LogP contribution in [0.4, 0.5) is 11.4 Å². The van der Waals surface area contributed by atoms with Crippen LogP contribution < -0.4 is 10.2 Å². The van der Waals surface area contributed by atoms with Gasteiger partial charge in [0.15, 0.2) is 0 Å². The highest BCUT2D eigenvalue weighted by Crippen LogP contribution is 2.24. The van der Waals surface area contributed by atoms with Crippen LogP contribution in [0.3, 0.4) is 0 Å². The number of aryl methyl sites for hydroxylation is 1. The molecule has 1 N–H and O–H groups in total. The Morgan fingerprint density at radius 2 is 1.95 bits per heavy atom. The fourth-order valence-corrected chi connectivity index (χ4v) is 2.74. The largest absolute Gasteiger partial charge is 0.378 e. The zero-order valence-electron chi connectivity index (χ0n) is 13.6. The normalized spacial score (nSPS) is 10.9. The Labute approximate surface area is 140 Å². The van der Waals surface area contributed by atoms with E-state index >= 15 is 0 Å². The molecule has 0 fully saturated rings. The number of anilines is 2. The summed E-state index contributed by atoms with van der Waals surface area (Å²) in [7, 11) is 4.00. The number of halogens is 1. The zero-order chi connectivity index (χ0) is 16.4. The van der Waals surface area contributed by atoms with Gasteiger partial charge in [-0.1, -0.05) is 0 Å². The third-order valence-electron chi connectivity index (χ3n) is 3.58. The third kappa shape index (κ3) is 3.53. The molecular weight excluding hydrogens is 342 g/mol. The second kappa shape index (κ2) is 6.57. The van der Waals surface area contributed by atoms with E-state index in [9.17, 15) is 4.79 Å². The second-order valence-corrected chi connectivity index (χ2v) is 6.81. The monoisotopic (exact) mass is 363 g/mol. The molecular formula is C17H22BrN3O. The minimum Gasteiger partial charge on any atom is -0.378 e. The average molecular weight is 364 g/mol. The van der Waals surface area contributed by atoms with Crippen LogP contribution in [0, 0.1) is 6.92 Å². The molecule has 0 saturated carbocycles. The summed E-state index contributed by atoms with van der Waals surface area (Å²) in [4.78, 5) is 14.6. The van der Waals surface area contributed by atoms with Gasteiger partial charge in [-0.25, -0.2) is 0 Å². The summed E-state index contributed by atoms with van der Waals surface area (Å²) in [6, 6.07) is 8.08. The molecule has 0 aliphatic heterocycles. The molecule has 1 aromatic heterocycles. The van der Waals surface area contributed by atoms with Crippen LogP contribution in [0.5, 0.6) is 0 Å². The molecule has 22 heavy (non-hydrogen) atoms. The van der Waals surface area contributed by atoms with Crippen molar-refractivity contribution in [3.63, 3.8) is 0 Å². The van der Waals surface area contributed by atoms with Crippen molar-refractivity contribution in [1.82, 2.24) is 4.57 Å². The van der Waals surface area contributed by atoms with Crippen LogP contribution >= 0.6 is 15.9 Å². The summed E-state index contributed by atoms with van der Waals surface area (Å²) in [5.74, 6) is -0.0971. The van der Waals surface area contributed by atoms with Crippen molar-refractivity contribution >= 4 is 33.2 Å². The highest BCUT2D eigenvalue weighted by atomic mass is 79.9. The first-order valence-electron chi connectivity index (χ1n) is 7.26. The summed E-state index contributed by atoms with van der Waals surface area (Å²) >= 11 is 3.44. The van der Waals surface area contributed by atoms with E-state index in [4.69, 9.17) is 0 Å². The van der Waals surface area contributed by atoms with Crippen molar-refractivity contribution in [3.8, 4) is 0 Å². The molecule has 2 aromatic rings. The maximum Gasteiger partial charge on any atom is 0.272 e. The van der Waals surface area contributed by atoms with Crippen molar-refractivity contribution in [2.75, 3.05) is 24.3 Å². The van der Waals surface area contributed by atoms with Crippen molar-refractivity contribution < 1.29 is 4.79 Å². The number of aromatic nitrogens is 1. The summed E-state index contributed by atoms with van der Waals surface area (Å²) in [5.41, 5.74) is 3.64. The van der Waals surface area contributed by atoms with Gasteiger partial charge >= 0.3 is 0 Å². The van der Waals surface area contributed by atoms with Gasteiger partial charge in [-0.2, -0.15) is 0 Å². The summed E-state index contributed by atoms with van der Waals surface area (Å²) in [6.07, 6.45) is 1.93. The molecule has 118 valence electrons. The van der Waals surface area contributed by atoms with Gasteiger partial charge in [0, 0.05) is 42.2 Å². The molecule has 0 spiro atoms. The Balaban J connectivity index is 2.26. The first-order chi connectivity index (χ1) is 10.3. The number of hydrogen-bond donors (Lipinski definition) is 1.